The van der Waals surface area contributed by atoms with E-state index in [1.807, 2.05) is 31.2 Å². The van der Waals surface area contributed by atoms with Crippen molar-refractivity contribution in [2.24, 2.45) is 0 Å². The van der Waals surface area contributed by atoms with Crippen molar-refractivity contribution >= 4 is 17.6 Å². The number of amides is 3. The molecule has 2 N–H and O–H groups in total. The highest BCUT2D eigenvalue weighted by Gasteiger charge is 2.19. The lowest BCUT2D eigenvalue weighted by molar-refractivity contribution is -0.121. The fourth-order valence-electron chi connectivity index (χ4n) is 3.05. The third-order valence-electron chi connectivity index (χ3n) is 4.52. The van der Waals surface area contributed by atoms with Crippen LogP contribution in [0.25, 0.3) is 0 Å². The van der Waals surface area contributed by atoms with E-state index in [1.165, 1.54) is 0 Å². The average Bonchev–Trinajstić information content (AvgIpc) is 2.65. The Bertz CT molecular complexity index is 840. The van der Waals surface area contributed by atoms with Gasteiger partial charge in [-0.3, -0.25) is 9.69 Å². The van der Waals surface area contributed by atoms with Crippen LogP contribution in [-0.4, -0.2) is 25.0 Å². The van der Waals surface area contributed by atoms with Gasteiger partial charge in [0, 0.05) is 24.3 Å². The minimum atomic E-state index is -0.608. The quantitative estimate of drug-likeness (QED) is 0.845. The Morgan fingerprint density at radius 2 is 1.96 bits per heavy atom. The van der Waals surface area contributed by atoms with Gasteiger partial charge >= 0.3 is 6.03 Å². The van der Waals surface area contributed by atoms with Crippen LogP contribution in [0.15, 0.2) is 42.5 Å². The summed E-state index contributed by atoms with van der Waals surface area (Å²) in [5.74, 6) is -1.58. The summed E-state index contributed by atoms with van der Waals surface area (Å²) >= 11 is 0. The van der Waals surface area contributed by atoms with Crippen LogP contribution >= 0.6 is 0 Å². The fraction of sp³-hybridized carbons (Fsp3) is 0.300. The molecule has 0 bridgehead atoms. The summed E-state index contributed by atoms with van der Waals surface area (Å²) in [5, 5.41) is 5.58. The van der Waals surface area contributed by atoms with E-state index in [9.17, 15) is 18.4 Å². The molecule has 27 heavy (non-hydrogen) atoms. The molecule has 1 aliphatic rings. The third-order valence-corrected chi connectivity index (χ3v) is 4.52. The number of benzene rings is 2. The molecule has 5 nitrogen and oxygen atoms in total. The Morgan fingerprint density at radius 3 is 2.67 bits per heavy atom. The smallest absolute Gasteiger partial charge is 0.321 e. The minimum Gasteiger partial charge on any atom is -0.349 e. The topological polar surface area (TPSA) is 61.4 Å². The molecule has 2 aromatic rings. The van der Waals surface area contributed by atoms with E-state index in [-0.39, 0.29) is 24.1 Å². The summed E-state index contributed by atoms with van der Waals surface area (Å²) in [6, 6.07) is 9.96. The van der Waals surface area contributed by atoms with E-state index < -0.39 is 17.5 Å². The molecule has 7 heteroatoms. The van der Waals surface area contributed by atoms with Crippen LogP contribution in [0.3, 0.4) is 0 Å². The van der Waals surface area contributed by atoms with Gasteiger partial charge in [0.1, 0.15) is 11.6 Å². The van der Waals surface area contributed by atoms with Gasteiger partial charge in [-0.15, -0.1) is 0 Å². The van der Waals surface area contributed by atoms with E-state index in [1.54, 1.807) is 4.90 Å². The molecular weight excluding hydrogens is 352 g/mol. The SMILES string of the molecule is C[C@H](NC(=O)Cc1cc(F)ccc1F)c1ccc(N2CCCNC2=O)cc1. The molecule has 1 fully saturated rings. The number of carbonyl (C=O) groups is 2. The first-order valence-electron chi connectivity index (χ1n) is 8.82. The number of urea groups is 1. The van der Waals surface area contributed by atoms with Crippen LogP contribution in [-0.2, 0) is 11.2 Å². The Labute approximate surface area is 156 Å². The van der Waals surface area contributed by atoms with Gasteiger partial charge in [0.05, 0.1) is 12.5 Å². The van der Waals surface area contributed by atoms with E-state index in [0.29, 0.717) is 13.1 Å². The lowest BCUT2D eigenvalue weighted by Crippen LogP contribution is -2.46. The van der Waals surface area contributed by atoms with Crippen molar-refractivity contribution in [1.29, 1.82) is 0 Å². The second-order valence-electron chi connectivity index (χ2n) is 6.53. The highest BCUT2D eigenvalue weighted by Crippen LogP contribution is 2.21. The van der Waals surface area contributed by atoms with Crippen molar-refractivity contribution in [1.82, 2.24) is 10.6 Å². The predicted molar refractivity (Wildman–Crippen MR) is 98.4 cm³/mol. The van der Waals surface area contributed by atoms with Gasteiger partial charge in [0.2, 0.25) is 5.91 Å². The maximum Gasteiger partial charge on any atom is 0.321 e. The molecule has 0 spiro atoms. The van der Waals surface area contributed by atoms with Gasteiger partial charge in [-0.05, 0) is 49.2 Å². The molecule has 0 aliphatic carbocycles. The van der Waals surface area contributed by atoms with Gasteiger partial charge < -0.3 is 10.6 Å². The molecule has 0 unspecified atom stereocenters. The number of hydrogen-bond acceptors (Lipinski definition) is 2. The van der Waals surface area contributed by atoms with Crippen molar-refractivity contribution in [2.75, 3.05) is 18.0 Å². The Balaban J connectivity index is 1.62. The van der Waals surface area contributed by atoms with Crippen LogP contribution < -0.4 is 15.5 Å². The first kappa shape index (κ1) is 18.8. The third kappa shape index (κ3) is 4.61. The fourth-order valence-corrected chi connectivity index (χ4v) is 3.05. The summed E-state index contributed by atoms with van der Waals surface area (Å²) < 4.78 is 26.9. The van der Waals surface area contributed by atoms with Gasteiger partial charge in [-0.25, -0.2) is 13.6 Å². The van der Waals surface area contributed by atoms with Crippen LogP contribution in [0.2, 0.25) is 0 Å². The summed E-state index contributed by atoms with van der Waals surface area (Å²) in [5.41, 5.74) is 1.66. The molecule has 1 saturated heterocycles. The van der Waals surface area contributed by atoms with Crippen LogP contribution in [0, 0.1) is 11.6 Å². The highest BCUT2D eigenvalue weighted by molar-refractivity contribution is 5.92. The second-order valence-corrected chi connectivity index (χ2v) is 6.53. The lowest BCUT2D eigenvalue weighted by Gasteiger charge is -2.27. The van der Waals surface area contributed by atoms with E-state index in [2.05, 4.69) is 10.6 Å². The normalized spacial score (nSPS) is 15.2. The summed E-state index contributed by atoms with van der Waals surface area (Å²) in [4.78, 5) is 25.7. The van der Waals surface area contributed by atoms with E-state index in [0.717, 1.165) is 35.9 Å². The molecular formula is C20H21F2N3O2. The molecule has 0 aromatic heterocycles. The first-order chi connectivity index (χ1) is 12.9. The van der Waals surface area contributed by atoms with Crippen molar-refractivity contribution in [3.63, 3.8) is 0 Å². The van der Waals surface area contributed by atoms with Crippen molar-refractivity contribution in [3.05, 3.63) is 65.2 Å². The molecule has 1 atom stereocenters. The number of carbonyl (C=O) groups excluding carboxylic acids is 2. The lowest BCUT2D eigenvalue weighted by atomic mass is 10.1. The van der Waals surface area contributed by atoms with E-state index >= 15 is 0 Å². The molecule has 0 saturated carbocycles. The highest BCUT2D eigenvalue weighted by atomic mass is 19.1. The largest absolute Gasteiger partial charge is 0.349 e. The Morgan fingerprint density at radius 1 is 1.22 bits per heavy atom. The van der Waals surface area contributed by atoms with Gasteiger partial charge in [-0.2, -0.15) is 0 Å². The van der Waals surface area contributed by atoms with Crippen LogP contribution in [0.1, 0.15) is 30.5 Å². The summed E-state index contributed by atoms with van der Waals surface area (Å²) in [6.07, 6.45) is 0.649. The maximum absolute atomic E-state index is 13.7. The molecule has 0 radical (unpaired) electrons. The summed E-state index contributed by atoms with van der Waals surface area (Å²) in [7, 11) is 0. The number of anilines is 1. The number of rotatable bonds is 5. The van der Waals surface area contributed by atoms with Gasteiger partial charge in [0.15, 0.2) is 0 Å². The zero-order chi connectivity index (χ0) is 19.4. The van der Waals surface area contributed by atoms with Crippen molar-refractivity contribution in [3.8, 4) is 0 Å². The molecule has 2 aromatic carbocycles. The standard InChI is InChI=1S/C20H21F2N3O2/c1-13(24-19(26)12-15-11-16(21)5-8-18(15)22)14-3-6-17(7-4-14)25-10-2-9-23-20(25)27/h3-8,11,13H,2,9-10,12H2,1H3,(H,23,27)(H,24,26)/t13-/m0/s1. The Hall–Kier alpha value is -2.96. The van der Waals surface area contributed by atoms with Gasteiger partial charge in [0.25, 0.3) is 0 Å². The second kappa shape index (κ2) is 8.16. The van der Waals surface area contributed by atoms with Crippen molar-refractivity contribution in [2.45, 2.75) is 25.8 Å². The van der Waals surface area contributed by atoms with E-state index in [4.69, 9.17) is 0 Å². The molecule has 1 aliphatic heterocycles. The molecule has 1 heterocycles. The number of nitrogens with one attached hydrogen (secondary N) is 2. The number of halogens is 2. The van der Waals surface area contributed by atoms with Crippen LogP contribution in [0.4, 0.5) is 19.3 Å². The zero-order valence-corrected chi connectivity index (χ0v) is 15.0. The van der Waals surface area contributed by atoms with Crippen molar-refractivity contribution < 1.29 is 18.4 Å². The molecule has 142 valence electrons. The number of nitrogens with zero attached hydrogens (tertiary/aromatic N) is 1. The molecule has 3 rings (SSSR count). The first-order valence-corrected chi connectivity index (χ1v) is 8.82. The predicted octanol–water partition coefficient (Wildman–Crippen LogP) is 3.30. The maximum atomic E-state index is 13.7. The average molecular weight is 373 g/mol. The van der Waals surface area contributed by atoms with Crippen LogP contribution in [0.5, 0.6) is 0 Å². The minimum absolute atomic E-state index is 0.0196. The van der Waals surface area contributed by atoms with Gasteiger partial charge in [-0.1, -0.05) is 12.1 Å². The zero-order valence-electron chi connectivity index (χ0n) is 15.0. The molecule has 3 amide bonds. The number of hydrogen-bond donors (Lipinski definition) is 2. The Kier molecular flexibility index (Phi) is 5.69. The monoisotopic (exact) mass is 373 g/mol. The summed E-state index contributed by atoms with van der Waals surface area (Å²) in [6.45, 7) is 3.15.